The lowest BCUT2D eigenvalue weighted by Crippen LogP contribution is -1.93. The Morgan fingerprint density at radius 3 is 2.87 bits per heavy atom. The third-order valence-corrected chi connectivity index (χ3v) is 3.26. The van der Waals surface area contributed by atoms with Crippen molar-refractivity contribution in [3.63, 3.8) is 0 Å². The molecule has 0 amide bonds. The summed E-state index contributed by atoms with van der Waals surface area (Å²) < 4.78 is 15.9. The number of hydrogen-bond acceptors (Lipinski definition) is 1. The largest absolute Gasteiger partial charge is 0.330 e. The van der Waals surface area contributed by atoms with Crippen molar-refractivity contribution in [1.82, 2.24) is 9.55 Å². The Morgan fingerprint density at radius 2 is 2.20 bits per heavy atom. The van der Waals surface area contributed by atoms with E-state index in [9.17, 15) is 4.39 Å². The van der Waals surface area contributed by atoms with E-state index in [1.165, 1.54) is 6.07 Å². The molecule has 78 valence electrons. The average molecular weight is 243 g/mol. The van der Waals surface area contributed by atoms with Crippen molar-refractivity contribution in [3.05, 3.63) is 27.7 Å². The topological polar surface area (TPSA) is 20.7 Å². The first-order chi connectivity index (χ1) is 7.16. The second-order valence-corrected chi connectivity index (χ2v) is 4.61. The van der Waals surface area contributed by atoms with Crippen LogP contribution >= 0.6 is 23.8 Å². The number of fused-ring (bicyclic) bond motifs is 1. The van der Waals surface area contributed by atoms with Crippen LogP contribution in [0.1, 0.15) is 18.9 Å². The zero-order valence-electron chi connectivity index (χ0n) is 7.76. The summed E-state index contributed by atoms with van der Waals surface area (Å²) in [5.41, 5.74) is 1.61. The molecule has 1 aliphatic carbocycles. The monoisotopic (exact) mass is 242 g/mol. The standard InChI is InChI=1S/C10H8ClFN2S/c11-6-3-9-8(4-7(6)12)13-10(15)14(9)5-1-2-5/h3-5H,1-2H2,(H,13,15). The van der Waals surface area contributed by atoms with Gasteiger partial charge in [0.25, 0.3) is 0 Å². The fraction of sp³-hybridized carbons (Fsp3) is 0.300. The highest BCUT2D eigenvalue weighted by atomic mass is 35.5. The number of rotatable bonds is 1. The van der Waals surface area contributed by atoms with E-state index in [-0.39, 0.29) is 5.02 Å². The van der Waals surface area contributed by atoms with Crippen LogP contribution in [0.25, 0.3) is 11.0 Å². The number of hydrogen-bond donors (Lipinski definition) is 1. The van der Waals surface area contributed by atoms with Crippen molar-refractivity contribution in [2.24, 2.45) is 0 Å². The Morgan fingerprint density at radius 1 is 1.47 bits per heavy atom. The normalized spacial score (nSPS) is 16.1. The lowest BCUT2D eigenvalue weighted by molar-refractivity contribution is 0.629. The van der Waals surface area contributed by atoms with Crippen LogP contribution in [0.2, 0.25) is 5.02 Å². The van der Waals surface area contributed by atoms with E-state index < -0.39 is 5.82 Å². The summed E-state index contributed by atoms with van der Waals surface area (Å²) in [5, 5.41) is 0.144. The minimum atomic E-state index is -0.414. The van der Waals surface area contributed by atoms with Crippen molar-refractivity contribution >= 4 is 34.9 Å². The highest BCUT2D eigenvalue weighted by Crippen LogP contribution is 2.38. The zero-order chi connectivity index (χ0) is 10.6. The third-order valence-electron chi connectivity index (χ3n) is 2.67. The van der Waals surface area contributed by atoms with Crippen LogP contribution in [0.15, 0.2) is 12.1 Å². The maximum absolute atomic E-state index is 13.2. The first-order valence-electron chi connectivity index (χ1n) is 4.76. The maximum atomic E-state index is 13.2. The molecule has 3 rings (SSSR count). The Hall–Kier alpha value is -0.870. The molecule has 2 aromatic rings. The summed E-state index contributed by atoms with van der Waals surface area (Å²) >= 11 is 11.0. The molecule has 0 atom stereocenters. The van der Waals surface area contributed by atoms with E-state index >= 15 is 0 Å². The Bertz CT molecular complexity index is 597. The Balaban J connectivity index is 2.39. The molecule has 0 aliphatic heterocycles. The van der Waals surface area contributed by atoms with Crippen LogP contribution in [-0.2, 0) is 0 Å². The molecule has 2 nitrogen and oxygen atoms in total. The summed E-state index contributed by atoms with van der Waals surface area (Å²) in [6, 6.07) is 3.50. The van der Waals surface area contributed by atoms with Gasteiger partial charge in [-0.25, -0.2) is 4.39 Å². The zero-order valence-corrected chi connectivity index (χ0v) is 9.33. The predicted octanol–water partition coefficient (Wildman–Crippen LogP) is 3.83. The summed E-state index contributed by atoms with van der Waals surface area (Å²) in [7, 11) is 0. The van der Waals surface area contributed by atoms with Gasteiger partial charge in [-0.2, -0.15) is 0 Å². The van der Waals surface area contributed by atoms with Gasteiger partial charge in [0.05, 0.1) is 16.1 Å². The molecule has 1 fully saturated rings. The van der Waals surface area contributed by atoms with Gasteiger partial charge in [0.15, 0.2) is 4.77 Å². The molecule has 1 aromatic carbocycles. The predicted molar refractivity (Wildman–Crippen MR) is 60.4 cm³/mol. The highest BCUT2D eigenvalue weighted by molar-refractivity contribution is 7.71. The SMILES string of the molecule is Fc1cc2[nH]c(=S)n(C3CC3)c2cc1Cl. The molecule has 15 heavy (non-hydrogen) atoms. The fourth-order valence-electron chi connectivity index (χ4n) is 1.82. The third kappa shape index (κ3) is 1.40. The fourth-order valence-corrected chi connectivity index (χ4v) is 2.33. The van der Waals surface area contributed by atoms with Crippen LogP contribution in [0.5, 0.6) is 0 Å². The molecule has 0 spiro atoms. The molecule has 1 heterocycles. The first kappa shape index (κ1) is 9.36. The number of nitrogens with zero attached hydrogens (tertiary/aromatic N) is 1. The van der Waals surface area contributed by atoms with Crippen molar-refractivity contribution in [2.45, 2.75) is 18.9 Å². The van der Waals surface area contributed by atoms with Crippen LogP contribution in [0, 0.1) is 10.6 Å². The van der Waals surface area contributed by atoms with Gasteiger partial charge in [0.1, 0.15) is 5.82 Å². The number of H-pyrrole nitrogens is 1. The van der Waals surface area contributed by atoms with Gasteiger partial charge in [-0.1, -0.05) is 11.6 Å². The Kier molecular flexibility index (Phi) is 1.91. The number of aromatic amines is 1. The van der Waals surface area contributed by atoms with Crippen LogP contribution in [0.3, 0.4) is 0 Å². The highest BCUT2D eigenvalue weighted by Gasteiger charge is 2.26. The molecule has 0 radical (unpaired) electrons. The second kappa shape index (κ2) is 3.06. The van der Waals surface area contributed by atoms with Crippen molar-refractivity contribution in [3.8, 4) is 0 Å². The summed E-state index contributed by atoms with van der Waals surface area (Å²) in [6.07, 6.45) is 2.27. The number of imidazole rings is 1. The van der Waals surface area contributed by atoms with Gasteiger partial charge in [0, 0.05) is 12.1 Å². The second-order valence-electron chi connectivity index (χ2n) is 3.81. The molecular formula is C10H8ClFN2S. The smallest absolute Gasteiger partial charge is 0.178 e. The molecular weight excluding hydrogens is 235 g/mol. The molecule has 0 bridgehead atoms. The molecule has 1 saturated carbocycles. The Labute approximate surface area is 95.7 Å². The van der Waals surface area contributed by atoms with Gasteiger partial charge in [-0.15, -0.1) is 0 Å². The minimum Gasteiger partial charge on any atom is -0.330 e. The molecule has 1 aliphatic rings. The van der Waals surface area contributed by atoms with E-state index in [1.807, 2.05) is 4.57 Å². The lowest BCUT2D eigenvalue weighted by atomic mass is 10.3. The number of halogens is 2. The minimum absolute atomic E-state index is 0.144. The first-order valence-corrected chi connectivity index (χ1v) is 5.54. The van der Waals surface area contributed by atoms with Crippen molar-refractivity contribution < 1.29 is 4.39 Å². The van der Waals surface area contributed by atoms with Crippen LogP contribution < -0.4 is 0 Å². The van der Waals surface area contributed by atoms with E-state index in [0.29, 0.717) is 16.3 Å². The summed E-state index contributed by atoms with van der Waals surface area (Å²) in [5.74, 6) is -0.414. The molecule has 1 N–H and O–H groups in total. The quantitative estimate of drug-likeness (QED) is 0.754. The number of benzene rings is 1. The lowest BCUT2D eigenvalue weighted by Gasteiger charge is -2.01. The molecule has 0 unspecified atom stereocenters. The van der Waals surface area contributed by atoms with Gasteiger partial charge >= 0.3 is 0 Å². The van der Waals surface area contributed by atoms with Crippen LogP contribution in [0.4, 0.5) is 4.39 Å². The van der Waals surface area contributed by atoms with Gasteiger partial charge in [-0.3, -0.25) is 0 Å². The van der Waals surface area contributed by atoms with Gasteiger partial charge < -0.3 is 9.55 Å². The van der Waals surface area contributed by atoms with E-state index in [0.717, 1.165) is 18.4 Å². The van der Waals surface area contributed by atoms with Crippen molar-refractivity contribution in [1.29, 1.82) is 0 Å². The van der Waals surface area contributed by atoms with Crippen molar-refractivity contribution in [2.75, 3.05) is 0 Å². The summed E-state index contributed by atoms with van der Waals surface area (Å²) in [6.45, 7) is 0. The maximum Gasteiger partial charge on any atom is 0.178 e. The van der Waals surface area contributed by atoms with Crippen LogP contribution in [-0.4, -0.2) is 9.55 Å². The van der Waals surface area contributed by atoms with Gasteiger partial charge in [0.2, 0.25) is 0 Å². The molecule has 1 aromatic heterocycles. The van der Waals surface area contributed by atoms with E-state index in [2.05, 4.69) is 4.98 Å². The number of aromatic nitrogens is 2. The summed E-state index contributed by atoms with van der Waals surface area (Å²) in [4.78, 5) is 3.00. The number of nitrogens with one attached hydrogen (secondary N) is 1. The van der Waals surface area contributed by atoms with Gasteiger partial charge in [-0.05, 0) is 31.1 Å². The average Bonchev–Trinajstić information content (AvgIpc) is 2.93. The van der Waals surface area contributed by atoms with E-state index in [1.54, 1.807) is 6.07 Å². The van der Waals surface area contributed by atoms with E-state index in [4.69, 9.17) is 23.8 Å². The molecule has 5 heteroatoms. The molecule has 0 saturated heterocycles.